The number of hydrogen-bond acceptors (Lipinski definition) is 2. The Hall–Kier alpha value is -2.16. The lowest BCUT2D eigenvalue weighted by Crippen LogP contribution is -1.93. The molecule has 1 aromatic heterocycles. The van der Waals surface area contributed by atoms with Crippen molar-refractivity contribution in [3.05, 3.63) is 53.7 Å². The van der Waals surface area contributed by atoms with Crippen molar-refractivity contribution in [3.63, 3.8) is 0 Å². The Morgan fingerprint density at radius 3 is 2.06 bits per heavy atom. The predicted octanol–water partition coefficient (Wildman–Crippen LogP) is 8.96. The topological polar surface area (TPSA) is 50.2 Å². The summed E-state index contributed by atoms with van der Waals surface area (Å²) in [6.07, 6.45) is 20.0. The quantitative estimate of drug-likeness (QED) is 0.309. The van der Waals surface area contributed by atoms with Crippen LogP contribution in [0.25, 0.3) is 11.3 Å². The third-order valence-corrected chi connectivity index (χ3v) is 6.67. The van der Waals surface area contributed by atoms with Gasteiger partial charge in [0.05, 0.1) is 5.69 Å². The van der Waals surface area contributed by atoms with Crippen LogP contribution in [0.5, 0.6) is 0 Å². The summed E-state index contributed by atoms with van der Waals surface area (Å²) in [4.78, 5) is 14.7. The number of aryl methyl sites for hydroxylation is 1. The van der Waals surface area contributed by atoms with Crippen molar-refractivity contribution in [3.8, 4) is 11.3 Å². The Labute approximate surface area is 202 Å². The normalized spacial score (nSPS) is 13.5. The zero-order valence-electron chi connectivity index (χ0n) is 21.0. The Bertz CT molecular complexity index is 761. The Morgan fingerprint density at radius 1 is 0.848 bits per heavy atom. The lowest BCUT2D eigenvalue weighted by molar-refractivity contribution is -0.137. The molecule has 1 aliphatic rings. The van der Waals surface area contributed by atoms with Crippen LogP contribution in [0.2, 0.25) is 0 Å². The number of rotatable bonds is 13. The minimum absolute atomic E-state index is 0.333. The number of aromatic nitrogens is 1. The van der Waals surface area contributed by atoms with E-state index in [1.54, 1.807) is 0 Å². The van der Waals surface area contributed by atoms with Crippen molar-refractivity contribution in [2.24, 2.45) is 0 Å². The Balaban J connectivity index is 0.000000365. The molecule has 0 radical (unpaired) electrons. The van der Waals surface area contributed by atoms with Crippen LogP contribution < -0.4 is 0 Å². The largest absolute Gasteiger partial charge is 0.481 e. The molecule has 1 aromatic carbocycles. The number of benzene rings is 1. The summed E-state index contributed by atoms with van der Waals surface area (Å²) in [5, 5.41) is 8.21. The average Bonchev–Trinajstić information content (AvgIpc) is 3.38. The number of aliphatic carboxylic acids is 1. The summed E-state index contributed by atoms with van der Waals surface area (Å²) < 4.78 is 0. The molecule has 1 heterocycles. The lowest BCUT2D eigenvalue weighted by Gasteiger charge is -2.10. The monoisotopic (exact) mass is 451 g/mol. The summed E-state index contributed by atoms with van der Waals surface area (Å²) in [6.45, 7) is 4.38. The van der Waals surface area contributed by atoms with Gasteiger partial charge in [-0.15, -0.1) is 0 Å². The van der Waals surface area contributed by atoms with E-state index in [1.807, 2.05) is 0 Å². The molecule has 2 aromatic rings. The van der Waals surface area contributed by atoms with Gasteiger partial charge in [-0.3, -0.25) is 9.78 Å². The first kappa shape index (κ1) is 27.1. The molecule has 1 aliphatic carbocycles. The van der Waals surface area contributed by atoms with E-state index in [4.69, 9.17) is 10.1 Å². The highest BCUT2D eigenvalue weighted by Gasteiger charge is 2.16. The number of nitrogens with zero attached hydrogens (tertiary/aromatic N) is 1. The predicted molar refractivity (Wildman–Crippen MR) is 140 cm³/mol. The van der Waals surface area contributed by atoms with Crippen LogP contribution in [0.3, 0.4) is 0 Å². The fraction of sp³-hybridized carbons (Fsp3) is 0.600. The van der Waals surface area contributed by atoms with Gasteiger partial charge in [-0.2, -0.15) is 0 Å². The summed E-state index contributed by atoms with van der Waals surface area (Å²) >= 11 is 0. The van der Waals surface area contributed by atoms with Crippen LogP contribution in [-0.4, -0.2) is 16.1 Å². The molecule has 3 heteroatoms. The zero-order chi connectivity index (χ0) is 23.7. The minimum atomic E-state index is -0.675. The van der Waals surface area contributed by atoms with Crippen LogP contribution in [0.4, 0.5) is 0 Å². The van der Waals surface area contributed by atoms with Crippen LogP contribution in [0, 0.1) is 0 Å². The van der Waals surface area contributed by atoms with Gasteiger partial charge in [0, 0.05) is 18.2 Å². The van der Waals surface area contributed by atoms with Crippen molar-refractivity contribution >= 4 is 5.97 Å². The van der Waals surface area contributed by atoms with Crippen LogP contribution in [0.15, 0.2) is 42.6 Å². The third kappa shape index (κ3) is 11.0. The van der Waals surface area contributed by atoms with E-state index in [9.17, 15) is 4.79 Å². The van der Waals surface area contributed by atoms with E-state index in [-0.39, 0.29) is 0 Å². The van der Waals surface area contributed by atoms with Gasteiger partial charge in [0.15, 0.2) is 0 Å². The van der Waals surface area contributed by atoms with Gasteiger partial charge >= 0.3 is 5.97 Å². The summed E-state index contributed by atoms with van der Waals surface area (Å²) in [6, 6.07) is 13.6. The molecule has 0 amide bonds. The molecular formula is C30H45NO2. The maximum absolute atomic E-state index is 9.96. The van der Waals surface area contributed by atoms with Crippen molar-refractivity contribution in [2.75, 3.05) is 0 Å². The molecule has 182 valence electrons. The van der Waals surface area contributed by atoms with Crippen molar-refractivity contribution in [1.29, 1.82) is 0 Å². The first-order valence-corrected chi connectivity index (χ1v) is 13.4. The Kier molecular flexibility index (Phi) is 13.5. The van der Waals surface area contributed by atoms with E-state index < -0.39 is 5.97 Å². The van der Waals surface area contributed by atoms with Gasteiger partial charge in [-0.1, -0.05) is 102 Å². The summed E-state index contributed by atoms with van der Waals surface area (Å²) in [7, 11) is 0. The van der Waals surface area contributed by atoms with E-state index in [2.05, 4.69) is 56.4 Å². The van der Waals surface area contributed by atoms with Crippen LogP contribution in [-0.2, 0) is 11.2 Å². The molecule has 1 N–H and O–H groups in total. The third-order valence-electron chi connectivity index (χ3n) is 6.67. The molecule has 0 spiro atoms. The summed E-state index contributed by atoms with van der Waals surface area (Å²) in [5.41, 5.74) is 5.23. The smallest absolute Gasteiger partial charge is 0.303 e. The van der Waals surface area contributed by atoms with Crippen molar-refractivity contribution in [2.45, 2.75) is 116 Å². The molecule has 1 saturated carbocycles. The highest BCUT2D eigenvalue weighted by molar-refractivity contribution is 5.66. The second kappa shape index (κ2) is 16.5. The fourth-order valence-corrected chi connectivity index (χ4v) is 4.56. The number of hydrogen-bond donors (Lipinski definition) is 1. The number of pyridine rings is 1. The minimum Gasteiger partial charge on any atom is -0.481 e. The lowest BCUT2D eigenvalue weighted by atomic mass is 9.96. The van der Waals surface area contributed by atoms with E-state index in [1.165, 1.54) is 80.9 Å². The molecule has 0 saturated heterocycles. The van der Waals surface area contributed by atoms with Gasteiger partial charge in [0.2, 0.25) is 0 Å². The van der Waals surface area contributed by atoms with Gasteiger partial charge in [-0.05, 0) is 55.2 Å². The molecule has 0 aliphatic heterocycles. The molecule has 33 heavy (non-hydrogen) atoms. The van der Waals surface area contributed by atoms with E-state index in [0.717, 1.165) is 37.3 Å². The molecule has 3 rings (SSSR count). The highest BCUT2D eigenvalue weighted by Crippen LogP contribution is 2.34. The van der Waals surface area contributed by atoms with E-state index >= 15 is 0 Å². The van der Waals surface area contributed by atoms with E-state index in [0.29, 0.717) is 6.42 Å². The first-order valence-electron chi connectivity index (χ1n) is 13.4. The number of carbonyl (C=O) groups is 1. The van der Waals surface area contributed by atoms with Gasteiger partial charge < -0.3 is 5.11 Å². The molecule has 0 atom stereocenters. The van der Waals surface area contributed by atoms with Gasteiger partial charge in [0.25, 0.3) is 0 Å². The molecule has 1 fully saturated rings. The van der Waals surface area contributed by atoms with Crippen molar-refractivity contribution < 1.29 is 9.90 Å². The standard InChI is InChI=1S/C23H31N.C7H14O2/c1-2-3-4-5-6-9-19-12-17-23(24-18-19)22-15-13-21(14-16-22)20-10-7-8-11-20;1-2-3-4-5-6-7(8)9/h12-18,20H,2-11H2,1H3;2-6H2,1H3,(H,8,9). The fourth-order valence-electron chi connectivity index (χ4n) is 4.56. The maximum atomic E-state index is 9.96. The molecular weight excluding hydrogens is 406 g/mol. The van der Waals surface area contributed by atoms with Crippen LogP contribution in [0.1, 0.15) is 121 Å². The molecule has 0 bridgehead atoms. The second-order valence-electron chi connectivity index (χ2n) is 9.52. The maximum Gasteiger partial charge on any atom is 0.303 e. The second-order valence-corrected chi connectivity index (χ2v) is 9.52. The SMILES string of the molecule is CCCCCCC(=O)O.CCCCCCCc1ccc(-c2ccc(C3CCCC3)cc2)nc1. The number of carboxylic acids is 1. The highest BCUT2D eigenvalue weighted by atomic mass is 16.4. The number of unbranched alkanes of at least 4 members (excludes halogenated alkanes) is 7. The van der Waals surface area contributed by atoms with Crippen molar-refractivity contribution in [1.82, 2.24) is 4.98 Å². The first-order chi connectivity index (χ1) is 16.1. The zero-order valence-corrected chi connectivity index (χ0v) is 21.0. The summed E-state index contributed by atoms with van der Waals surface area (Å²) in [5.74, 6) is 0.119. The van der Waals surface area contributed by atoms with Crippen LogP contribution >= 0.6 is 0 Å². The Morgan fingerprint density at radius 2 is 1.48 bits per heavy atom. The number of carboxylic acid groups (broad SMARTS) is 1. The molecule has 3 nitrogen and oxygen atoms in total. The van der Waals surface area contributed by atoms with Gasteiger partial charge in [0.1, 0.15) is 0 Å². The average molecular weight is 452 g/mol. The van der Waals surface area contributed by atoms with Gasteiger partial charge in [-0.25, -0.2) is 0 Å². The molecule has 0 unspecified atom stereocenters.